The molecule has 0 aromatic heterocycles. The van der Waals surface area contributed by atoms with Gasteiger partial charge in [0.1, 0.15) is 0 Å². The van der Waals surface area contributed by atoms with E-state index in [9.17, 15) is 4.79 Å². The number of hydrogen-bond donors (Lipinski definition) is 0. The van der Waals surface area contributed by atoms with E-state index in [1.807, 2.05) is 6.08 Å². The highest BCUT2D eigenvalue weighted by atomic mass is 16.7. The fourth-order valence-corrected chi connectivity index (χ4v) is 2.61. The number of allylic oxidation sites excluding steroid dienone is 1. The molecule has 0 amide bonds. The lowest BCUT2D eigenvalue weighted by Gasteiger charge is -2.36. The molecule has 0 aromatic rings. The summed E-state index contributed by atoms with van der Waals surface area (Å²) in [6.45, 7) is 7.32. The molecule has 2 fully saturated rings. The Morgan fingerprint density at radius 2 is 2.27 bits per heavy atom. The van der Waals surface area contributed by atoms with Gasteiger partial charge in [-0.05, 0) is 25.2 Å². The summed E-state index contributed by atoms with van der Waals surface area (Å²) >= 11 is 0. The zero-order valence-corrected chi connectivity index (χ0v) is 9.36. The van der Waals surface area contributed by atoms with Crippen molar-refractivity contribution in [2.75, 3.05) is 0 Å². The number of fused-ring (bicyclic) bond motifs is 1. The molecular weight excluding hydrogens is 192 g/mol. The van der Waals surface area contributed by atoms with Crippen molar-refractivity contribution >= 4 is 5.97 Å². The molecule has 84 valence electrons. The van der Waals surface area contributed by atoms with E-state index in [0.717, 1.165) is 19.3 Å². The van der Waals surface area contributed by atoms with Crippen molar-refractivity contribution in [2.24, 2.45) is 11.8 Å². The fourth-order valence-electron chi connectivity index (χ4n) is 2.61. The molecule has 0 radical (unpaired) electrons. The highest BCUT2D eigenvalue weighted by Gasteiger charge is 2.48. The van der Waals surface area contributed by atoms with Gasteiger partial charge in [-0.3, -0.25) is 4.79 Å². The average molecular weight is 210 g/mol. The third-order valence-corrected chi connectivity index (χ3v) is 3.19. The Morgan fingerprint density at radius 3 is 2.93 bits per heavy atom. The van der Waals surface area contributed by atoms with Crippen LogP contribution in [-0.2, 0) is 14.3 Å². The summed E-state index contributed by atoms with van der Waals surface area (Å²) in [4.78, 5) is 11.7. The summed E-state index contributed by atoms with van der Waals surface area (Å²) in [6.07, 6.45) is 4.76. The first kappa shape index (κ1) is 10.7. The summed E-state index contributed by atoms with van der Waals surface area (Å²) in [5.41, 5.74) is 0. The number of esters is 1. The standard InChI is InChI=1S/C12H18O3/c1-4-5-8-6-9-10(7-8)14-12(2,3)15-11(9)13/h4,8-10H,1,5-7H2,2-3H3/t8-,9?,10?/m0/s1. The number of cyclic esters (lactones) is 1. The Morgan fingerprint density at radius 1 is 1.53 bits per heavy atom. The maximum Gasteiger partial charge on any atom is 0.314 e. The molecule has 3 atom stereocenters. The Hall–Kier alpha value is -0.830. The fraction of sp³-hybridized carbons (Fsp3) is 0.750. The second-order valence-corrected chi connectivity index (χ2v) is 4.95. The summed E-state index contributed by atoms with van der Waals surface area (Å²) in [7, 11) is 0. The molecule has 1 aliphatic heterocycles. The number of carbonyl (C=O) groups excluding carboxylic acids is 1. The van der Waals surface area contributed by atoms with Crippen LogP contribution in [0.3, 0.4) is 0 Å². The largest absolute Gasteiger partial charge is 0.433 e. The first-order chi connectivity index (χ1) is 7.02. The predicted octanol–water partition coefficient (Wildman–Crippen LogP) is 2.27. The van der Waals surface area contributed by atoms with Crippen molar-refractivity contribution < 1.29 is 14.3 Å². The van der Waals surface area contributed by atoms with Crippen molar-refractivity contribution in [3.8, 4) is 0 Å². The van der Waals surface area contributed by atoms with Gasteiger partial charge in [0.25, 0.3) is 0 Å². The zero-order chi connectivity index (χ0) is 11.1. The van der Waals surface area contributed by atoms with E-state index in [2.05, 4.69) is 6.58 Å². The van der Waals surface area contributed by atoms with Gasteiger partial charge < -0.3 is 9.47 Å². The molecule has 3 heteroatoms. The number of hydrogen-bond acceptors (Lipinski definition) is 3. The molecule has 0 N–H and O–H groups in total. The molecule has 2 rings (SSSR count). The van der Waals surface area contributed by atoms with Gasteiger partial charge in [-0.25, -0.2) is 0 Å². The van der Waals surface area contributed by atoms with E-state index in [4.69, 9.17) is 9.47 Å². The van der Waals surface area contributed by atoms with E-state index in [0.29, 0.717) is 5.92 Å². The van der Waals surface area contributed by atoms with Crippen LogP contribution in [0, 0.1) is 11.8 Å². The third kappa shape index (κ3) is 2.07. The Labute approximate surface area is 90.4 Å². The Bertz CT molecular complexity index is 283. The van der Waals surface area contributed by atoms with Crippen LogP contribution in [0.5, 0.6) is 0 Å². The molecule has 1 heterocycles. The topological polar surface area (TPSA) is 35.5 Å². The Balaban J connectivity index is 2.07. The second-order valence-electron chi connectivity index (χ2n) is 4.95. The van der Waals surface area contributed by atoms with Crippen molar-refractivity contribution in [1.29, 1.82) is 0 Å². The van der Waals surface area contributed by atoms with E-state index in [1.54, 1.807) is 13.8 Å². The summed E-state index contributed by atoms with van der Waals surface area (Å²) in [5.74, 6) is -0.369. The van der Waals surface area contributed by atoms with Gasteiger partial charge in [-0.2, -0.15) is 0 Å². The van der Waals surface area contributed by atoms with Crippen molar-refractivity contribution in [3.05, 3.63) is 12.7 Å². The first-order valence-corrected chi connectivity index (χ1v) is 5.53. The lowest BCUT2D eigenvalue weighted by molar-refractivity contribution is -0.267. The quantitative estimate of drug-likeness (QED) is 0.518. The molecule has 0 bridgehead atoms. The molecule has 1 saturated carbocycles. The molecule has 2 aliphatic rings. The van der Waals surface area contributed by atoms with Crippen LogP contribution in [0.1, 0.15) is 33.1 Å². The maximum absolute atomic E-state index is 11.7. The van der Waals surface area contributed by atoms with E-state index >= 15 is 0 Å². The molecule has 3 nitrogen and oxygen atoms in total. The highest BCUT2D eigenvalue weighted by Crippen LogP contribution is 2.41. The predicted molar refractivity (Wildman–Crippen MR) is 56.1 cm³/mol. The van der Waals surface area contributed by atoms with Gasteiger partial charge in [0.2, 0.25) is 5.79 Å². The van der Waals surface area contributed by atoms with Crippen LogP contribution in [0.4, 0.5) is 0 Å². The number of ether oxygens (including phenoxy) is 2. The van der Waals surface area contributed by atoms with Gasteiger partial charge in [-0.15, -0.1) is 6.58 Å². The minimum atomic E-state index is -0.749. The van der Waals surface area contributed by atoms with Gasteiger partial charge in [-0.1, -0.05) is 6.08 Å². The Kier molecular flexibility index (Phi) is 2.59. The third-order valence-electron chi connectivity index (χ3n) is 3.19. The van der Waals surface area contributed by atoms with Crippen LogP contribution in [0.25, 0.3) is 0 Å². The van der Waals surface area contributed by atoms with Gasteiger partial charge in [0.15, 0.2) is 0 Å². The van der Waals surface area contributed by atoms with E-state index in [-0.39, 0.29) is 18.0 Å². The van der Waals surface area contributed by atoms with Crippen molar-refractivity contribution in [3.63, 3.8) is 0 Å². The minimum absolute atomic E-state index is 0.0474. The lowest BCUT2D eigenvalue weighted by Crippen LogP contribution is -2.46. The summed E-state index contributed by atoms with van der Waals surface area (Å²) in [6, 6.07) is 0. The van der Waals surface area contributed by atoms with Crippen LogP contribution in [-0.4, -0.2) is 17.9 Å². The number of carbonyl (C=O) groups is 1. The van der Waals surface area contributed by atoms with Crippen LogP contribution in [0.2, 0.25) is 0 Å². The van der Waals surface area contributed by atoms with Gasteiger partial charge in [0, 0.05) is 13.8 Å². The van der Waals surface area contributed by atoms with Crippen LogP contribution in [0.15, 0.2) is 12.7 Å². The number of rotatable bonds is 2. The van der Waals surface area contributed by atoms with E-state index in [1.165, 1.54) is 0 Å². The minimum Gasteiger partial charge on any atom is -0.433 e. The van der Waals surface area contributed by atoms with Crippen LogP contribution >= 0.6 is 0 Å². The van der Waals surface area contributed by atoms with Gasteiger partial charge in [0.05, 0.1) is 12.0 Å². The highest BCUT2D eigenvalue weighted by molar-refractivity contribution is 5.74. The molecule has 1 saturated heterocycles. The summed E-state index contributed by atoms with van der Waals surface area (Å²) < 4.78 is 11.0. The van der Waals surface area contributed by atoms with Crippen molar-refractivity contribution in [1.82, 2.24) is 0 Å². The summed E-state index contributed by atoms with van der Waals surface area (Å²) in [5, 5.41) is 0. The average Bonchev–Trinajstić information content (AvgIpc) is 2.46. The molecule has 1 aliphatic carbocycles. The second kappa shape index (κ2) is 3.63. The lowest BCUT2D eigenvalue weighted by atomic mass is 10.0. The zero-order valence-electron chi connectivity index (χ0n) is 9.36. The SMILES string of the molecule is C=CC[C@@H]1CC2OC(C)(C)OC(=O)C2C1. The maximum atomic E-state index is 11.7. The molecule has 0 aromatic carbocycles. The molecule has 0 spiro atoms. The molecule has 15 heavy (non-hydrogen) atoms. The molecular formula is C12H18O3. The van der Waals surface area contributed by atoms with E-state index < -0.39 is 5.79 Å². The molecule has 2 unspecified atom stereocenters. The normalized spacial score (nSPS) is 38.3. The first-order valence-electron chi connectivity index (χ1n) is 5.53. The smallest absolute Gasteiger partial charge is 0.314 e. The monoisotopic (exact) mass is 210 g/mol. The van der Waals surface area contributed by atoms with Crippen molar-refractivity contribution in [2.45, 2.75) is 45.0 Å². The van der Waals surface area contributed by atoms with Gasteiger partial charge >= 0.3 is 5.97 Å². The van der Waals surface area contributed by atoms with Crippen LogP contribution < -0.4 is 0 Å².